The van der Waals surface area contributed by atoms with Gasteiger partial charge in [-0.15, -0.1) is 4.66 Å². The van der Waals surface area contributed by atoms with Gasteiger partial charge in [0.25, 0.3) is 0 Å². The standard InChI is InChI=1S/ClHO2.H3P/c2-1-3;/h2H;1H3. The van der Waals surface area contributed by atoms with Gasteiger partial charge >= 0.3 is 11.3 Å². The number of hydrogen-bond donors (Lipinski definition) is 1. The van der Waals surface area contributed by atoms with Crippen LogP contribution in [0, 0.1) is 11.3 Å². The highest BCUT2D eigenvalue weighted by atomic mass is 35.6. The van der Waals surface area contributed by atoms with Crippen LogP contribution in [-0.4, -0.2) is 4.66 Å². The fourth-order valence-electron chi connectivity index (χ4n) is 0. The zero-order valence-corrected chi connectivity index (χ0v) is 4.11. The van der Waals surface area contributed by atoms with Gasteiger partial charge in [0, 0.05) is 0 Å². The Morgan fingerprint density at radius 2 is 1.75 bits per heavy atom. The van der Waals surface area contributed by atoms with Crippen molar-refractivity contribution in [2.24, 2.45) is 0 Å². The molecule has 1 N–H and O–H groups in total. The number of halogens is 1. The molecule has 0 aromatic rings. The van der Waals surface area contributed by atoms with Gasteiger partial charge in [-0.3, -0.25) is 0 Å². The Hall–Kier alpha value is 0.640. The first-order valence-corrected chi connectivity index (χ1v) is 0.970. The third-order valence-electron chi connectivity index (χ3n) is 0. The van der Waals surface area contributed by atoms with Crippen molar-refractivity contribution in [2.75, 3.05) is 0 Å². The molecule has 0 heterocycles. The van der Waals surface area contributed by atoms with Crippen LogP contribution in [0.5, 0.6) is 0 Å². The van der Waals surface area contributed by atoms with Crippen molar-refractivity contribution in [1.29, 1.82) is 0 Å². The maximum absolute atomic E-state index is 8.35. The van der Waals surface area contributed by atoms with Crippen LogP contribution in [0.1, 0.15) is 0 Å². The molecule has 0 saturated heterocycles. The molecule has 0 radical (unpaired) electrons. The lowest BCUT2D eigenvalue weighted by Gasteiger charge is -1.46. The fraction of sp³-hybridized carbons (Fsp3) is 0. The second kappa shape index (κ2) is 9.43. The molecule has 0 spiro atoms. The van der Waals surface area contributed by atoms with E-state index in [2.05, 4.69) is 0 Å². The van der Waals surface area contributed by atoms with Crippen LogP contribution in [0.15, 0.2) is 0 Å². The molecule has 0 bridgehead atoms. The smallest absolute Gasteiger partial charge is 0.327 e. The van der Waals surface area contributed by atoms with E-state index in [0.717, 1.165) is 0 Å². The van der Waals surface area contributed by atoms with Gasteiger partial charge in [-0.1, -0.05) is 0 Å². The summed E-state index contributed by atoms with van der Waals surface area (Å²) in [5.41, 5.74) is 0. The topological polar surface area (TPSA) is 43.3 Å². The molecule has 2 nitrogen and oxygen atoms in total. The summed E-state index contributed by atoms with van der Waals surface area (Å²) in [5.74, 6) is 0. The molecule has 0 rings (SSSR count). The Morgan fingerprint density at radius 3 is 1.75 bits per heavy atom. The van der Waals surface area contributed by atoms with Crippen LogP contribution in [0.4, 0.5) is 0 Å². The van der Waals surface area contributed by atoms with Gasteiger partial charge in [-0.25, -0.2) is 0 Å². The van der Waals surface area contributed by atoms with Crippen molar-refractivity contribution in [3.8, 4) is 0 Å². The van der Waals surface area contributed by atoms with Crippen LogP contribution >= 0.6 is 9.90 Å². The minimum absolute atomic E-state index is 0. The zero-order chi connectivity index (χ0) is 2.71. The quantitative estimate of drug-likeness (QED) is 0.371. The molecule has 0 aliphatic carbocycles. The van der Waals surface area contributed by atoms with Gasteiger partial charge in [0.15, 0.2) is 0 Å². The summed E-state index contributed by atoms with van der Waals surface area (Å²) < 4.78 is 15.2. The molecule has 4 heavy (non-hydrogen) atoms. The van der Waals surface area contributed by atoms with E-state index in [1.807, 2.05) is 0 Å². The predicted octanol–water partition coefficient (Wildman–Crippen LogP) is -1.69. The van der Waals surface area contributed by atoms with Gasteiger partial charge in [-0.05, 0) is 0 Å². The first-order valence-electron chi connectivity index (χ1n) is 0.323. The Morgan fingerprint density at radius 1 is 1.75 bits per heavy atom. The van der Waals surface area contributed by atoms with Crippen LogP contribution < -0.4 is 4.66 Å². The average molecular weight is 102 g/mol. The normalized spacial score (nSPS) is 4.50. The Bertz CT molecular complexity index is 6.00. The summed E-state index contributed by atoms with van der Waals surface area (Å²) >= 11 is -0.167. The van der Waals surface area contributed by atoms with Gasteiger partial charge in [0.05, 0.1) is 0 Å². The summed E-state index contributed by atoms with van der Waals surface area (Å²) in [6, 6.07) is 0. The molecule has 0 aliphatic heterocycles. The predicted molar refractivity (Wildman–Crippen MR) is 13.3 cm³/mol. The van der Waals surface area contributed by atoms with Gasteiger partial charge < -0.3 is 4.66 Å². The minimum Gasteiger partial charge on any atom is -0.506 e. The van der Waals surface area contributed by atoms with Crippen molar-refractivity contribution in [3.05, 3.63) is 0 Å². The van der Waals surface area contributed by atoms with Crippen LogP contribution in [-0.2, 0) is 0 Å². The summed E-state index contributed by atoms with van der Waals surface area (Å²) in [7, 11) is 0. The molecule has 0 aromatic carbocycles. The molecule has 0 saturated carbocycles. The van der Waals surface area contributed by atoms with Gasteiger partial charge in [0.1, 0.15) is 0 Å². The zero-order valence-electron chi connectivity index (χ0n) is 1.94. The second-order valence-electron chi connectivity index (χ2n) is 0.0690. The number of hydrogen-bond acceptors (Lipinski definition) is 2. The van der Waals surface area contributed by atoms with Gasteiger partial charge in [0.2, 0.25) is 0 Å². The summed E-state index contributed by atoms with van der Waals surface area (Å²) in [5, 5.41) is 0. The van der Waals surface area contributed by atoms with E-state index < -0.39 is 0 Å². The fourth-order valence-corrected chi connectivity index (χ4v) is 0. The molecule has 4 heteroatoms. The molecule has 0 fully saturated rings. The van der Waals surface area contributed by atoms with Crippen LogP contribution in [0.25, 0.3) is 0 Å². The summed E-state index contributed by atoms with van der Waals surface area (Å²) in [6.45, 7) is 0. The average Bonchev–Trinajstić information content (AvgIpc) is 0.918. The highest BCUT2D eigenvalue weighted by molar-refractivity contribution is 6.92. The first-order chi connectivity index (χ1) is 1.41. The molecule has 0 aromatic heterocycles. The van der Waals surface area contributed by atoms with Crippen molar-refractivity contribution < 1.29 is 20.6 Å². The Labute approximate surface area is 31.5 Å². The van der Waals surface area contributed by atoms with E-state index in [1.165, 1.54) is 0 Å². The van der Waals surface area contributed by atoms with E-state index in [0.29, 0.717) is 0 Å². The summed E-state index contributed by atoms with van der Waals surface area (Å²) in [4.78, 5) is 0. The van der Waals surface area contributed by atoms with Gasteiger partial charge in [-0.2, -0.15) is 9.90 Å². The van der Waals surface area contributed by atoms with Crippen LogP contribution in [0.2, 0.25) is 0 Å². The van der Waals surface area contributed by atoms with Crippen molar-refractivity contribution in [1.82, 2.24) is 0 Å². The molecule has 0 aliphatic rings. The minimum atomic E-state index is -0.167. The maximum atomic E-state index is 8.35. The maximum Gasteiger partial charge on any atom is 0.327 e. The monoisotopic (exact) mass is 102 g/mol. The second-order valence-corrected chi connectivity index (χ2v) is 0.207. The molecule has 1 atom stereocenters. The van der Waals surface area contributed by atoms with Crippen LogP contribution in [0.3, 0.4) is 0 Å². The lowest BCUT2D eigenvalue weighted by Crippen LogP contribution is -1.94. The third kappa shape index (κ3) is 17.3. The molecule has 1 unspecified atom stereocenters. The largest absolute Gasteiger partial charge is 0.506 e. The van der Waals surface area contributed by atoms with Crippen molar-refractivity contribution in [2.45, 2.75) is 0 Å². The van der Waals surface area contributed by atoms with E-state index >= 15 is 0 Å². The third-order valence-corrected chi connectivity index (χ3v) is 0. The van der Waals surface area contributed by atoms with Crippen molar-refractivity contribution in [3.63, 3.8) is 0 Å². The Balaban J connectivity index is 0. The van der Waals surface area contributed by atoms with E-state index in [4.69, 9.17) is 9.32 Å². The molecular formula is H4ClO2P. The highest BCUT2D eigenvalue weighted by Gasteiger charge is 1.47. The first kappa shape index (κ1) is 8.82. The lowest BCUT2D eigenvalue weighted by atomic mass is 15.9. The van der Waals surface area contributed by atoms with E-state index in [1.54, 1.807) is 0 Å². The SMILES string of the molecule is P.[O-][Cl+]O. The molecule has 0 amide bonds. The Kier molecular flexibility index (Phi) is 20.8. The molecule has 28 valence electrons. The van der Waals surface area contributed by atoms with Crippen molar-refractivity contribution >= 4 is 9.90 Å². The lowest BCUT2D eigenvalue weighted by molar-refractivity contribution is -1.27. The summed E-state index contributed by atoms with van der Waals surface area (Å²) in [6.07, 6.45) is 0. The number of rotatable bonds is 0. The molecular weight excluding hydrogens is 98.4 g/mol. The van der Waals surface area contributed by atoms with E-state index in [-0.39, 0.29) is 21.2 Å². The van der Waals surface area contributed by atoms with E-state index in [9.17, 15) is 0 Å². The highest BCUT2D eigenvalue weighted by Crippen LogP contribution is 1.13.